The molecule has 8 heteroatoms. The van der Waals surface area contributed by atoms with Crippen LogP contribution in [0.4, 0.5) is 0 Å². The second-order valence-corrected chi connectivity index (χ2v) is 8.63. The van der Waals surface area contributed by atoms with Gasteiger partial charge in [0.1, 0.15) is 24.4 Å². The van der Waals surface area contributed by atoms with Gasteiger partial charge in [-0.3, -0.25) is 9.59 Å². The zero-order valence-electron chi connectivity index (χ0n) is 20.0. The Morgan fingerprint density at radius 3 is 1.66 bits per heavy atom. The lowest BCUT2D eigenvalue weighted by atomic mass is 9.95. The Morgan fingerprint density at radius 1 is 0.688 bits per heavy atom. The van der Waals surface area contributed by atoms with Crippen molar-refractivity contribution in [1.29, 1.82) is 0 Å². The number of unbranched alkanes of at least 4 members (excludes halogenated alkanes) is 10. The van der Waals surface area contributed by atoms with Crippen LogP contribution in [-0.2, 0) is 14.3 Å². The zero-order chi connectivity index (χ0) is 24.4. The highest BCUT2D eigenvalue weighted by molar-refractivity contribution is 5.83. The van der Waals surface area contributed by atoms with E-state index >= 15 is 0 Å². The summed E-state index contributed by atoms with van der Waals surface area (Å²) < 4.78 is 5.10. The summed E-state index contributed by atoms with van der Waals surface area (Å²) in [6.07, 6.45) is 2.58. The fourth-order valence-corrected chi connectivity index (χ4v) is 3.54. The van der Waals surface area contributed by atoms with Crippen LogP contribution in [0.1, 0.15) is 104 Å². The number of aliphatic hydroxyl groups excluding tert-OH is 5. The number of Topliss-reactive ketones (excluding diaryl/α,β-unsaturated/α-hetero) is 1. The van der Waals surface area contributed by atoms with E-state index in [1.807, 2.05) is 0 Å². The van der Waals surface area contributed by atoms with Gasteiger partial charge in [0.15, 0.2) is 11.9 Å². The highest BCUT2D eigenvalue weighted by atomic mass is 16.6. The van der Waals surface area contributed by atoms with Gasteiger partial charge < -0.3 is 30.3 Å². The van der Waals surface area contributed by atoms with Gasteiger partial charge in [0.2, 0.25) is 0 Å². The second kappa shape index (κ2) is 19.4. The SMILES string of the molecule is CCCCCCCCC(=O)O[C@@H]([C@H](O)[C@@H](O)C(O)C(=O)CCCCCCCC)[C@H](O)CO. The largest absolute Gasteiger partial charge is 0.457 e. The summed E-state index contributed by atoms with van der Waals surface area (Å²) >= 11 is 0. The van der Waals surface area contributed by atoms with Gasteiger partial charge in [-0.1, -0.05) is 78.1 Å². The molecule has 0 aromatic rings. The van der Waals surface area contributed by atoms with E-state index in [-0.39, 0.29) is 12.8 Å². The number of carbonyl (C=O) groups is 2. The molecule has 0 heterocycles. The van der Waals surface area contributed by atoms with Crippen LogP contribution in [0.3, 0.4) is 0 Å². The molecule has 0 aliphatic rings. The lowest BCUT2D eigenvalue weighted by Gasteiger charge is -2.31. The molecule has 8 nitrogen and oxygen atoms in total. The number of aliphatic hydroxyl groups is 5. The van der Waals surface area contributed by atoms with Gasteiger partial charge in [0, 0.05) is 12.8 Å². The van der Waals surface area contributed by atoms with Gasteiger partial charge in [-0.2, -0.15) is 0 Å². The summed E-state index contributed by atoms with van der Waals surface area (Å²) in [6.45, 7) is 3.41. The third kappa shape index (κ3) is 13.5. The summed E-state index contributed by atoms with van der Waals surface area (Å²) in [6, 6.07) is 0. The van der Waals surface area contributed by atoms with E-state index in [1.54, 1.807) is 0 Å². The van der Waals surface area contributed by atoms with Crippen LogP contribution in [0, 0.1) is 0 Å². The van der Waals surface area contributed by atoms with Crippen LogP contribution in [0.25, 0.3) is 0 Å². The van der Waals surface area contributed by atoms with Crippen molar-refractivity contribution in [1.82, 2.24) is 0 Å². The molecule has 0 radical (unpaired) electrons. The first kappa shape index (κ1) is 30.9. The van der Waals surface area contributed by atoms with E-state index in [4.69, 9.17) is 4.74 Å². The van der Waals surface area contributed by atoms with Crippen molar-refractivity contribution >= 4 is 11.8 Å². The van der Waals surface area contributed by atoms with Crippen molar-refractivity contribution in [2.45, 2.75) is 134 Å². The molecule has 0 fully saturated rings. The van der Waals surface area contributed by atoms with E-state index in [0.717, 1.165) is 64.2 Å². The van der Waals surface area contributed by atoms with Gasteiger partial charge in [-0.05, 0) is 12.8 Å². The van der Waals surface area contributed by atoms with Crippen LogP contribution in [0.5, 0.6) is 0 Å². The van der Waals surface area contributed by atoms with E-state index in [2.05, 4.69) is 13.8 Å². The molecule has 0 aromatic carbocycles. The second-order valence-electron chi connectivity index (χ2n) is 8.63. The minimum atomic E-state index is -1.95. The molecule has 1 unspecified atom stereocenters. The zero-order valence-corrected chi connectivity index (χ0v) is 20.0. The molecule has 5 atom stereocenters. The third-order valence-electron chi connectivity index (χ3n) is 5.68. The number of ketones is 1. The topological polar surface area (TPSA) is 145 Å². The lowest BCUT2D eigenvalue weighted by Crippen LogP contribution is -2.53. The average molecular weight is 463 g/mol. The number of ether oxygens (including phenoxy) is 1. The summed E-state index contributed by atoms with van der Waals surface area (Å²) in [5, 5.41) is 49.9. The lowest BCUT2D eigenvalue weighted by molar-refractivity contribution is -0.182. The molecule has 0 amide bonds. The molecule has 0 rings (SSSR count). The van der Waals surface area contributed by atoms with E-state index < -0.39 is 48.9 Å². The standard InChI is InChI=1S/C24H46O8/c1-3-5-7-9-11-13-15-18(26)21(29)22(30)23(31)24(19(27)17-25)32-20(28)16-14-12-10-8-6-4-2/h19,21-25,27,29-31H,3-17H2,1-2H3/t19-,21?,22+,23-,24-/m1/s1. The number of carbonyl (C=O) groups excluding carboxylic acids is 2. The predicted octanol–water partition coefficient (Wildman–Crippen LogP) is 2.40. The van der Waals surface area contributed by atoms with E-state index in [1.165, 1.54) is 0 Å². The molecule has 32 heavy (non-hydrogen) atoms. The number of esters is 1. The maximum atomic E-state index is 12.2. The van der Waals surface area contributed by atoms with Crippen LogP contribution in [0.15, 0.2) is 0 Å². The predicted molar refractivity (Wildman–Crippen MR) is 122 cm³/mol. The van der Waals surface area contributed by atoms with Gasteiger partial charge in [-0.25, -0.2) is 0 Å². The van der Waals surface area contributed by atoms with Crippen LogP contribution < -0.4 is 0 Å². The van der Waals surface area contributed by atoms with Crippen LogP contribution in [0.2, 0.25) is 0 Å². The minimum Gasteiger partial charge on any atom is -0.457 e. The maximum absolute atomic E-state index is 12.2. The Morgan fingerprint density at radius 2 is 1.16 bits per heavy atom. The highest BCUT2D eigenvalue weighted by Gasteiger charge is 2.39. The molecule has 5 N–H and O–H groups in total. The van der Waals surface area contributed by atoms with Gasteiger partial charge in [0.05, 0.1) is 6.61 Å². The molecular weight excluding hydrogens is 416 g/mol. The summed E-state index contributed by atoms with van der Waals surface area (Å²) in [7, 11) is 0. The Balaban J connectivity index is 4.61. The minimum absolute atomic E-state index is 0.0576. The summed E-state index contributed by atoms with van der Waals surface area (Å²) in [5.41, 5.74) is 0. The first-order valence-electron chi connectivity index (χ1n) is 12.3. The maximum Gasteiger partial charge on any atom is 0.306 e. The fourth-order valence-electron chi connectivity index (χ4n) is 3.54. The molecule has 0 aliphatic carbocycles. The Hall–Kier alpha value is -1.06. The molecule has 0 aromatic heterocycles. The van der Waals surface area contributed by atoms with Crippen LogP contribution >= 0.6 is 0 Å². The third-order valence-corrected chi connectivity index (χ3v) is 5.68. The molecule has 0 saturated heterocycles. The van der Waals surface area contributed by atoms with Crippen molar-refractivity contribution in [3.8, 4) is 0 Å². The van der Waals surface area contributed by atoms with Crippen molar-refractivity contribution in [2.24, 2.45) is 0 Å². The molecule has 0 saturated carbocycles. The normalized spacial score (nSPS) is 16.2. The number of rotatable bonds is 21. The van der Waals surface area contributed by atoms with Crippen molar-refractivity contribution in [3.05, 3.63) is 0 Å². The highest BCUT2D eigenvalue weighted by Crippen LogP contribution is 2.17. The van der Waals surface area contributed by atoms with E-state index in [0.29, 0.717) is 12.8 Å². The Labute approximate surface area is 193 Å². The van der Waals surface area contributed by atoms with E-state index in [9.17, 15) is 35.1 Å². The van der Waals surface area contributed by atoms with Gasteiger partial charge >= 0.3 is 5.97 Å². The quantitative estimate of drug-likeness (QED) is 0.129. The van der Waals surface area contributed by atoms with Crippen LogP contribution in [-0.4, -0.2) is 74.4 Å². The monoisotopic (exact) mass is 462 g/mol. The number of hydrogen-bond donors (Lipinski definition) is 5. The first-order valence-corrected chi connectivity index (χ1v) is 12.3. The number of hydrogen-bond acceptors (Lipinski definition) is 8. The molecular formula is C24H46O8. The van der Waals surface area contributed by atoms with Crippen molar-refractivity contribution < 1.29 is 39.9 Å². The summed E-state index contributed by atoms with van der Waals surface area (Å²) in [5.74, 6) is -1.31. The molecule has 0 aliphatic heterocycles. The molecule has 0 spiro atoms. The van der Waals surface area contributed by atoms with Crippen molar-refractivity contribution in [2.75, 3.05) is 6.61 Å². The van der Waals surface area contributed by atoms with Gasteiger partial charge in [-0.15, -0.1) is 0 Å². The average Bonchev–Trinajstić information content (AvgIpc) is 2.79. The first-order chi connectivity index (χ1) is 15.3. The molecule has 0 bridgehead atoms. The summed E-state index contributed by atoms with van der Waals surface area (Å²) in [4.78, 5) is 24.3. The van der Waals surface area contributed by atoms with Crippen molar-refractivity contribution in [3.63, 3.8) is 0 Å². The molecule has 190 valence electrons. The van der Waals surface area contributed by atoms with Gasteiger partial charge in [0.25, 0.3) is 0 Å². The Kier molecular flexibility index (Phi) is 18.8. The fraction of sp³-hybridized carbons (Fsp3) is 0.917. The Bertz CT molecular complexity index is 485. The smallest absolute Gasteiger partial charge is 0.306 e.